The lowest BCUT2D eigenvalue weighted by molar-refractivity contribution is -0.116. The Kier molecular flexibility index (Phi) is 5.53. The van der Waals surface area contributed by atoms with Gasteiger partial charge < -0.3 is 15.5 Å². The van der Waals surface area contributed by atoms with Gasteiger partial charge in [0.15, 0.2) is 0 Å². The first-order chi connectivity index (χ1) is 9.72. The summed E-state index contributed by atoms with van der Waals surface area (Å²) in [6, 6.07) is 3.80. The van der Waals surface area contributed by atoms with Gasteiger partial charge in [-0.25, -0.2) is 0 Å². The summed E-state index contributed by atoms with van der Waals surface area (Å²) < 4.78 is 0. The van der Waals surface area contributed by atoms with Gasteiger partial charge in [0.05, 0.1) is 5.56 Å². The van der Waals surface area contributed by atoms with Crippen LogP contribution >= 0.6 is 11.3 Å². The van der Waals surface area contributed by atoms with Crippen molar-refractivity contribution in [3.8, 4) is 6.07 Å². The molecule has 108 valence electrons. The molecule has 6 heteroatoms. The molecule has 20 heavy (non-hydrogen) atoms. The molecule has 0 aromatic carbocycles. The number of carbonyl (C=O) groups excluding carboxylic acids is 1. The van der Waals surface area contributed by atoms with Crippen LogP contribution in [0, 0.1) is 17.2 Å². The van der Waals surface area contributed by atoms with E-state index in [1.54, 1.807) is 6.07 Å². The van der Waals surface area contributed by atoms with Crippen molar-refractivity contribution >= 4 is 22.2 Å². The molecule has 0 saturated carbocycles. The average Bonchev–Trinajstić information content (AvgIpc) is 3.06. The van der Waals surface area contributed by atoms with E-state index in [9.17, 15) is 4.79 Å². The SMILES string of the molecule is CNCC1CCN(CCC(=O)Nc2sccc2C#N)C1. The first kappa shape index (κ1) is 15.0. The number of hydrogen-bond donors (Lipinski definition) is 2. The Balaban J connectivity index is 1.72. The van der Waals surface area contributed by atoms with Crippen LogP contribution in [0.5, 0.6) is 0 Å². The predicted octanol–water partition coefficient (Wildman–Crippen LogP) is 1.49. The molecule has 1 fully saturated rings. The second-order valence-electron chi connectivity index (χ2n) is 5.09. The second kappa shape index (κ2) is 7.39. The second-order valence-corrected chi connectivity index (χ2v) is 6.00. The lowest BCUT2D eigenvalue weighted by Crippen LogP contribution is -2.27. The Morgan fingerprint density at radius 3 is 3.25 bits per heavy atom. The van der Waals surface area contributed by atoms with Gasteiger partial charge in [0.1, 0.15) is 11.1 Å². The van der Waals surface area contributed by atoms with Crippen LogP contribution in [0.25, 0.3) is 0 Å². The Hall–Kier alpha value is -1.42. The van der Waals surface area contributed by atoms with Gasteiger partial charge in [-0.05, 0) is 43.9 Å². The van der Waals surface area contributed by atoms with E-state index in [1.165, 1.54) is 17.8 Å². The van der Waals surface area contributed by atoms with Gasteiger partial charge in [0.2, 0.25) is 5.91 Å². The molecule has 0 bridgehead atoms. The van der Waals surface area contributed by atoms with Crippen molar-refractivity contribution in [2.24, 2.45) is 5.92 Å². The van der Waals surface area contributed by atoms with Crippen LogP contribution in [0.3, 0.4) is 0 Å². The number of nitrogens with one attached hydrogen (secondary N) is 2. The fraction of sp³-hybridized carbons (Fsp3) is 0.571. The summed E-state index contributed by atoms with van der Waals surface area (Å²) in [5, 5.41) is 17.4. The van der Waals surface area contributed by atoms with E-state index < -0.39 is 0 Å². The van der Waals surface area contributed by atoms with Crippen molar-refractivity contribution in [1.29, 1.82) is 5.26 Å². The molecular weight excluding hydrogens is 272 g/mol. The highest BCUT2D eigenvalue weighted by molar-refractivity contribution is 7.14. The van der Waals surface area contributed by atoms with Crippen molar-refractivity contribution in [2.75, 3.05) is 38.5 Å². The third-order valence-corrected chi connectivity index (χ3v) is 4.39. The van der Waals surface area contributed by atoms with Gasteiger partial charge in [-0.2, -0.15) is 5.26 Å². The zero-order valence-electron chi connectivity index (χ0n) is 11.7. The molecule has 1 atom stereocenters. The molecule has 0 aliphatic carbocycles. The first-order valence-corrected chi connectivity index (χ1v) is 7.75. The highest BCUT2D eigenvalue weighted by atomic mass is 32.1. The molecule has 0 spiro atoms. The molecule has 1 aliphatic heterocycles. The Labute approximate surface area is 123 Å². The smallest absolute Gasteiger partial charge is 0.226 e. The summed E-state index contributed by atoms with van der Waals surface area (Å²) in [6.45, 7) is 3.97. The highest BCUT2D eigenvalue weighted by Crippen LogP contribution is 2.22. The quantitative estimate of drug-likeness (QED) is 0.833. The van der Waals surface area contributed by atoms with Gasteiger partial charge in [0.25, 0.3) is 0 Å². The van der Waals surface area contributed by atoms with Crippen molar-refractivity contribution in [3.63, 3.8) is 0 Å². The first-order valence-electron chi connectivity index (χ1n) is 6.87. The molecule has 1 aromatic heterocycles. The Morgan fingerprint density at radius 2 is 2.50 bits per heavy atom. The molecule has 2 rings (SSSR count). The fourth-order valence-corrected chi connectivity index (χ4v) is 3.27. The Bertz CT molecular complexity index is 494. The predicted molar refractivity (Wildman–Crippen MR) is 80.8 cm³/mol. The third-order valence-electron chi connectivity index (χ3n) is 3.56. The minimum Gasteiger partial charge on any atom is -0.319 e. The van der Waals surface area contributed by atoms with Gasteiger partial charge >= 0.3 is 0 Å². The maximum atomic E-state index is 11.9. The average molecular weight is 292 g/mol. The molecule has 1 amide bonds. The lowest BCUT2D eigenvalue weighted by Gasteiger charge is -2.15. The van der Waals surface area contributed by atoms with Crippen LogP contribution in [0.15, 0.2) is 11.4 Å². The maximum Gasteiger partial charge on any atom is 0.226 e. The van der Waals surface area contributed by atoms with E-state index in [4.69, 9.17) is 5.26 Å². The molecule has 2 N–H and O–H groups in total. The Morgan fingerprint density at radius 1 is 1.65 bits per heavy atom. The van der Waals surface area contributed by atoms with E-state index >= 15 is 0 Å². The number of likely N-dealkylation sites (tertiary alicyclic amines) is 1. The number of carbonyl (C=O) groups is 1. The summed E-state index contributed by atoms with van der Waals surface area (Å²) in [4.78, 5) is 14.2. The minimum atomic E-state index is -0.0129. The molecule has 1 saturated heterocycles. The number of amides is 1. The summed E-state index contributed by atoms with van der Waals surface area (Å²) in [7, 11) is 1.98. The van der Waals surface area contributed by atoms with Gasteiger partial charge in [0, 0.05) is 19.5 Å². The van der Waals surface area contributed by atoms with Crippen LogP contribution in [-0.4, -0.2) is 44.0 Å². The van der Waals surface area contributed by atoms with Gasteiger partial charge in [-0.3, -0.25) is 4.79 Å². The van der Waals surface area contributed by atoms with E-state index in [1.807, 2.05) is 12.4 Å². The highest BCUT2D eigenvalue weighted by Gasteiger charge is 2.22. The van der Waals surface area contributed by atoms with E-state index in [2.05, 4.69) is 21.6 Å². The summed E-state index contributed by atoms with van der Waals surface area (Å²) in [5.41, 5.74) is 0.540. The number of thiophene rings is 1. The van der Waals surface area contributed by atoms with Crippen molar-refractivity contribution in [1.82, 2.24) is 10.2 Å². The van der Waals surface area contributed by atoms with Crippen LogP contribution in [0.1, 0.15) is 18.4 Å². The number of nitrogens with zero attached hydrogens (tertiary/aromatic N) is 2. The van der Waals surface area contributed by atoms with E-state index in [0.29, 0.717) is 22.9 Å². The van der Waals surface area contributed by atoms with Crippen LogP contribution in [0.2, 0.25) is 0 Å². The molecule has 1 unspecified atom stereocenters. The third kappa shape index (κ3) is 4.04. The zero-order valence-corrected chi connectivity index (χ0v) is 12.5. The molecule has 0 radical (unpaired) electrons. The number of hydrogen-bond acceptors (Lipinski definition) is 5. The van der Waals surface area contributed by atoms with Gasteiger partial charge in [-0.15, -0.1) is 11.3 Å². The largest absolute Gasteiger partial charge is 0.319 e. The molecule has 5 nitrogen and oxygen atoms in total. The van der Waals surface area contributed by atoms with E-state index in [0.717, 1.165) is 26.2 Å². The molecular formula is C14H20N4OS. The number of anilines is 1. The molecule has 2 heterocycles. The standard InChI is InChI=1S/C14H20N4OS/c1-16-9-11-2-5-18(10-11)6-3-13(19)17-14-12(8-15)4-7-20-14/h4,7,11,16H,2-3,5-6,9-10H2,1H3,(H,17,19). The maximum absolute atomic E-state index is 11.9. The van der Waals surface area contributed by atoms with E-state index in [-0.39, 0.29) is 5.91 Å². The van der Waals surface area contributed by atoms with Crippen molar-refractivity contribution < 1.29 is 4.79 Å². The van der Waals surface area contributed by atoms with Gasteiger partial charge in [-0.1, -0.05) is 0 Å². The van der Waals surface area contributed by atoms with Crippen LogP contribution in [-0.2, 0) is 4.79 Å². The van der Waals surface area contributed by atoms with Crippen LogP contribution in [0.4, 0.5) is 5.00 Å². The molecule has 1 aromatic rings. The topological polar surface area (TPSA) is 68.2 Å². The minimum absolute atomic E-state index is 0.0129. The van der Waals surface area contributed by atoms with Crippen molar-refractivity contribution in [3.05, 3.63) is 17.0 Å². The lowest BCUT2D eigenvalue weighted by atomic mass is 10.1. The van der Waals surface area contributed by atoms with Crippen LogP contribution < -0.4 is 10.6 Å². The van der Waals surface area contributed by atoms with Crippen molar-refractivity contribution in [2.45, 2.75) is 12.8 Å². The normalized spacial score (nSPS) is 18.9. The number of nitriles is 1. The monoisotopic (exact) mass is 292 g/mol. The number of rotatable bonds is 6. The zero-order chi connectivity index (χ0) is 14.4. The summed E-state index contributed by atoms with van der Waals surface area (Å²) in [5.74, 6) is 0.687. The summed E-state index contributed by atoms with van der Waals surface area (Å²) in [6.07, 6.45) is 1.68. The fourth-order valence-electron chi connectivity index (χ4n) is 2.51. The summed E-state index contributed by atoms with van der Waals surface area (Å²) >= 11 is 1.39. The molecule has 1 aliphatic rings.